The molecular formula is C15H15Cl2FN2O2S. The van der Waals surface area contributed by atoms with Crippen LogP contribution in [-0.2, 0) is 16.9 Å². The van der Waals surface area contributed by atoms with Gasteiger partial charge in [0.2, 0.25) is 0 Å². The quantitative estimate of drug-likeness (QED) is 0.686. The van der Waals surface area contributed by atoms with Gasteiger partial charge in [0.1, 0.15) is 11.6 Å². The molecule has 3 rings (SSSR count). The lowest BCUT2D eigenvalue weighted by Gasteiger charge is -2.04. The number of rotatable bonds is 2. The lowest BCUT2D eigenvalue weighted by molar-refractivity contribution is 0.602. The summed E-state index contributed by atoms with van der Waals surface area (Å²) in [6, 6.07) is 10.9. The van der Waals surface area contributed by atoms with Crippen LogP contribution in [0.25, 0.3) is 22.4 Å². The van der Waals surface area contributed by atoms with Gasteiger partial charge in [0.25, 0.3) is 0 Å². The number of benzene rings is 2. The molecule has 0 aliphatic heterocycles. The topological polar surface area (TPSA) is 52.0 Å². The second-order valence-corrected chi connectivity index (χ2v) is 6.94. The van der Waals surface area contributed by atoms with Gasteiger partial charge in [0.05, 0.1) is 15.9 Å². The third-order valence-corrected chi connectivity index (χ3v) is 4.51. The van der Waals surface area contributed by atoms with Gasteiger partial charge in [-0.3, -0.25) is 0 Å². The third kappa shape index (κ3) is 3.65. The minimum absolute atomic E-state index is 0. The molecule has 0 spiro atoms. The fraction of sp³-hybridized carbons (Fsp3) is 0.133. The van der Waals surface area contributed by atoms with Crippen molar-refractivity contribution in [3.8, 4) is 11.4 Å². The highest BCUT2D eigenvalue weighted by Gasteiger charge is 2.12. The van der Waals surface area contributed by atoms with E-state index in [0.29, 0.717) is 11.3 Å². The molecule has 124 valence electrons. The van der Waals surface area contributed by atoms with Crippen molar-refractivity contribution >= 4 is 45.7 Å². The molecule has 8 heteroatoms. The summed E-state index contributed by atoms with van der Waals surface area (Å²) in [5, 5.41) is 0. The molecule has 0 bridgehead atoms. The Balaban J connectivity index is 0.00000132. The van der Waals surface area contributed by atoms with E-state index in [2.05, 4.69) is 4.98 Å². The average Bonchev–Trinajstić information content (AvgIpc) is 2.74. The van der Waals surface area contributed by atoms with Crippen molar-refractivity contribution in [2.24, 2.45) is 7.05 Å². The first-order valence-electron chi connectivity index (χ1n) is 6.29. The molecule has 0 aliphatic carbocycles. The molecule has 0 amide bonds. The van der Waals surface area contributed by atoms with E-state index < -0.39 is 9.84 Å². The lowest BCUT2D eigenvalue weighted by atomic mass is 10.2. The van der Waals surface area contributed by atoms with Crippen molar-refractivity contribution < 1.29 is 12.8 Å². The number of aryl methyl sites for hydroxylation is 1. The maximum atomic E-state index is 13.2. The minimum Gasteiger partial charge on any atom is -0.327 e. The molecule has 2 aromatic carbocycles. The minimum atomic E-state index is -3.22. The van der Waals surface area contributed by atoms with Gasteiger partial charge in [-0.25, -0.2) is 17.8 Å². The van der Waals surface area contributed by atoms with Gasteiger partial charge >= 0.3 is 0 Å². The van der Waals surface area contributed by atoms with Gasteiger partial charge in [-0.1, -0.05) is 0 Å². The first-order chi connectivity index (χ1) is 9.86. The number of imidazole rings is 1. The van der Waals surface area contributed by atoms with Gasteiger partial charge in [0, 0.05) is 24.9 Å². The Labute approximate surface area is 146 Å². The van der Waals surface area contributed by atoms with Crippen LogP contribution in [-0.4, -0.2) is 24.2 Å². The highest BCUT2D eigenvalue weighted by atomic mass is 35.5. The maximum absolute atomic E-state index is 13.2. The first-order valence-corrected chi connectivity index (χ1v) is 8.18. The largest absolute Gasteiger partial charge is 0.327 e. The van der Waals surface area contributed by atoms with Crippen molar-refractivity contribution in [2.45, 2.75) is 4.90 Å². The molecule has 0 N–H and O–H groups in total. The number of halogens is 3. The standard InChI is InChI=1S/C15H13FN2O2S.2ClH/c1-18-14-8-5-11(16)9-13(14)17-15(18)10-3-6-12(7-4-10)21(2,19)20;;/h3-9H,1-2H3;2*1H. The van der Waals surface area contributed by atoms with Crippen molar-refractivity contribution in [3.63, 3.8) is 0 Å². The van der Waals surface area contributed by atoms with Crippen LogP contribution in [0.4, 0.5) is 4.39 Å². The van der Waals surface area contributed by atoms with E-state index in [-0.39, 0.29) is 35.5 Å². The number of sulfone groups is 1. The highest BCUT2D eigenvalue weighted by molar-refractivity contribution is 7.90. The summed E-state index contributed by atoms with van der Waals surface area (Å²) in [4.78, 5) is 4.67. The van der Waals surface area contributed by atoms with E-state index in [1.54, 1.807) is 30.3 Å². The molecule has 1 aromatic heterocycles. The van der Waals surface area contributed by atoms with Crippen LogP contribution in [0, 0.1) is 5.82 Å². The second kappa shape index (κ2) is 6.86. The Kier molecular flexibility index (Phi) is 5.79. The van der Waals surface area contributed by atoms with E-state index in [9.17, 15) is 12.8 Å². The predicted octanol–water partition coefficient (Wildman–Crippen LogP) is 3.63. The summed E-state index contributed by atoms with van der Waals surface area (Å²) in [5.74, 6) is 0.329. The van der Waals surface area contributed by atoms with Crippen LogP contribution in [0.2, 0.25) is 0 Å². The molecular weight excluding hydrogens is 362 g/mol. The fourth-order valence-corrected chi connectivity index (χ4v) is 2.91. The molecule has 0 atom stereocenters. The van der Waals surface area contributed by atoms with Crippen molar-refractivity contribution in [2.75, 3.05) is 6.26 Å². The molecule has 0 saturated heterocycles. The van der Waals surface area contributed by atoms with Gasteiger partial charge in [-0.15, -0.1) is 24.8 Å². The summed E-state index contributed by atoms with van der Waals surface area (Å²) >= 11 is 0. The van der Waals surface area contributed by atoms with Gasteiger partial charge in [0.15, 0.2) is 9.84 Å². The zero-order valence-electron chi connectivity index (χ0n) is 12.4. The number of nitrogens with zero attached hydrogens (tertiary/aromatic N) is 2. The summed E-state index contributed by atoms with van der Waals surface area (Å²) < 4.78 is 38.0. The van der Waals surface area contributed by atoms with E-state index in [1.807, 2.05) is 11.6 Å². The van der Waals surface area contributed by atoms with Crippen LogP contribution >= 0.6 is 24.8 Å². The number of aromatic nitrogens is 2. The molecule has 0 saturated carbocycles. The second-order valence-electron chi connectivity index (χ2n) is 4.92. The molecule has 3 aromatic rings. The summed E-state index contributed by atoms with van der Waals surface area (Å²) in [6.07, 6.45) is 1.17. The highest BCUT2D eigenvalue weighted by Crippen LogP contribution is 2.25. The first kappa shape index (κ1) is 19.4. The van der Waals surface area contributed by atoms with E-state index >= 15 is 0 Å². The van der Waals surface area contributed by atoms with Crippen LogP contribution < -0.4 is 0 Å². The van der Waals surface area contributed by atoms with Crippen molar-refractivity contribution in [1.29, 1.82) is 0 Å². The monoisotopic (exact) mass is 376 g/mol. The molecule has 0 fully saturated rings. The number of hydrogen-bond donors (Lipinski definition) is 0. The average molecular weight is 377 g/mol. The van der Waals surface area contributed by atoms with E-state index in [4.69, 9.17) is 0 Å². The fourth-order valence-electron chi connectivity index (χ4n) is 2.28. The lowest BCUT2D eigenvalue weighted by Crippen LogP contribution is -1.97. The normalized spacial score (nSPS) is 10.9. The molecule has 0 unspecified atom stereocenters. The Morgan fingerprint density at radius 3 is 2.22 bits per heavy atom. The summed E-state index contributed by atoms with van der Waals surface area (Å²) in [6.45, 7) is 0. The molecule has 0 radical (unpaired) electrons. The van der Waals surface area contributed by atoms with Gasteiger partial charge in [-0.2, -0.15) is 0 Å². The summed E-state index contributed by atoms with van der Waals surface area (Å²) in [7, 11) is -1.38. The number of hydrogen-bond acceptors (Lipinski definition) is 3. The predicted molar refractivity (Wildman–Crippen MR) is 93.7 cm³/mol. The molecule has 0 aliphatic rings. The number of fused-ring (bicyclic) bond motifs is 1. The molecule has 23 heavy (non-hydrogen) atoms. The van der Waals surface area contributed by atoms with Gasteiger partial charge in [-0.05, 0) is 36.4 Å². The van der Waals surface area contributed by atoms with Crippen LogP contribution in [0.1, 0.15) is 0 Å². The Morgan fingerprint density at radius 1 is 1.04 bits per heavy atom. The van der Waals surface area contributed by atoms with Crippen molar-refractivity contribution in [1.82, 2.24) is 9.55 Å². The third-order valence-electron chi connectivity index (χ3n) is 3.38. The van der Waals surface area contributed by atoms with Crippen LogP contribution in [0.5, 0.6) is 0 Å². The Morgan fingerprint density at radius 2 is 1.65 bits per heavy atom. The van der Waals surface area contributed by atoms with E-state index in [0.717, 1.165) is 11.1 Å². The van der Waals surface area contributed by atoms with Crippen molar-refractivity contribution in [3.05, 3.63) is 48.3 Å². The Hall–Kier alpha value is -1.63. The zero-order valence-corrected chi connectivity index (χ0v) is 14.8. The summed E-state index contributed by atoms with van der Waals surface area (Å²) in [5.41, 5.74) is 2.17. The van der Waals surface area contributed by atoms with E-state index in [1.165, 1.54) is 18.4 Å². The Bertz CT molecular complexity index is 938. The maximum Gasteiger partial charge on any atom is 0.175 e. The molecule has 4 nitrogen and oxygen atoms in total. The van der Waals surface area contributed by atoms with Crippen LogP contribution in [0.15, 0.2) is 47.4 Å². The zero-order chi connectivity index (χ0) is 15.2. The molecule has 1 heterocycles. The van der Waals surface area contributed by atoms with Crippen LogP contribution in [0.3, 0.4) is 0 Å². The SMILES string of the molecule is Cl.Cl.Cn1c(-c2ccc(S(C)(=O)=O)cc2)nc2cc(F)ccc21. The van der Waals surface area contributed by atoms with Gasteiger partial charge < -0.3 is 4.57 Å². The smallest absolute Gasteiger partial charge is 0.175 e.